The van der Waals surface area contributed by atoms with E-state index >= 15 is 0 Å². The van der Waals surface area contributed by atoms with E-state index in [9.17, 15) is 14.7 Å². The van der Waals surface area contributed by atoms with Crippen LogP contribution in [0.1, 0.15) is 37.3 Å². The lowest BCUT2D eigenvalue weighted by Gasteiger charge is -2.31. The van der Waals surface area contributed by atoms with Crippen LogP contribution in [-0.2, 0) is 15.1 Å². The van der Waals surface area contributed by atoms with Crippen LogP contribution in [0.25, 0.3) is 0 Å². The second-order valence-electron chi connectivity index (χ2n) is 5.90. The lowest BCUT2D eigenvalue weighted by Crippen LogP contribution is -2.46. The number of hydrogen-bond donors (Lipinski definition) is 2. The number of carboxylic acids is 1. The maximum atomic E-state index is 12.6. The molecule has 0 bridgehead atoms. The molecule has 2 atom stereocenters. The molecule has 0 saturated heterocycles. The van der Waals surface area contributed by atoms with Gasteiger partial charge in [0, 0.05) is 0 Å². The normalized spacial score (nSPS) is 14.5. The molecule has 0 spiro atoms. The van der Waals surface area contributed by atoms with E-state index in [1.807, 2.05) is 23.8 Å². The maximum Gasteiger partial charge on any atom is 0.306 e. The summed E-state index contributed by atoms with van der Waals surface area (Å²) in [5.74, 6) is -0.928. The number of benzene rings is 1. The van der Waals surface area contributed by atoms with Gasteiger partial charge in [-0.1, -0.05) is 12.1 Å². The molecule has 128 valence electrons. The molecule has 0 radical (unpaired) electrons. The van der Waals surface area contributed by atoms with E-state index in [0.717, 1.165) is 5.56 Å². The minimum Gasteiger partial charge on any atom is -0.497 e. The summed E-state index contributed by atoms with van der Waals surface area (Å²) in [6.07, 6.45) is -0.220. The number of nitrogens with one attached hydrogen (secondary N) is 1. The molecule has 5 nitrogen and oxygen atoms in total. The lowest BCUT2D eigenvalue weighted by atomic mass is 9.87. The van der Waals surface area contributed by atoms with Crippen LogP contribution in [0, 0.1) is 0 Å². The number of amides is 1. The Morgan fingerprint density at radius 1 is 1.38 bits per heavy atom. The summed E-state index contributed by atoms with van der Waals surface area (Å²) in [6.45, 7) is 3.53. The van der Waals surface area contributed by atoms with Gasteiger partial charge in [0.2, 0.25) is 5.91 Å². The van der Waals surface area contributed by atoms with Gasteiger partial charge in [-0.2, -0.15) is 11.3 Å². The predicted octanol–water partition coefficient (Wildman–Crippen LogP) is 3.37. The largest absolute Gasteiger partial charge is 0.497 e. The molecular weight excluding hydrogens is 326 g/mol. The molecule has 0 aliphatic carbocycles. The zero-order valence-corrected chi connectivity index (χ0v) is 14.7. The zero-order valence-electron chi connectivity index (χ0n) is 13.9. The fourth-order valence-corrected chi connectivity index (χ4v) is 3.29. The Bertz CT molecular complexity index is 714. The third kappa shape index (κ3) is 4.14. The van der Waals surface area contributed by atoms with Gasteiger partial charge < -0.3 is 15.2 Å². The number of thiophene rings is 1. The summed E-state index contributed by atoms with van der Waals surface area (Å²) in [5, 5.41) is 16.0. The number of carbonyl (C=O) groups is 2. The van der Waals surface area contributed by atoms with Crippen molar-refractivity contribution in [3.05, 3.63) is 52.2 Å². The van der Waals surface area contributed by atoms with Crippen LogP contribution in [-0.4, -0.2) is 24.1 Å². The van der Waals surface area contributed by atoms with Gasteiger partial charge >= 0.3 is 5.97 Å². The van der Waals surface area contributed by atoms with Crippen molar-refractivity contribution in [2.75, 3.05) is 7.11 Å². The topological polar surface area (TPSA) is 75.6 Å². The van der Waals surface area contributed by atoms with Crippen LogP contribution in [0.15, 0.2) is 41.1 Å². The number of ether oxygens (including phenoxy) is 1. The Morgan fingerprint density at radius 2 is 2.12 bits per heavy atom. The highest BCUT2D eigenvalue weighted by Crippen LogP contribution is 2.29. The van der Waals surface area contributed by atoms with Crippen LogP contribution < -0.4 is 10.1 Å². The van der Waals surface area contributed by atoms with E-state index in [-0.39, 0.29) is 18.2 Å². The quantitative estimate of drug-likeness (QED) is 0.805. The van der Waals surface area contributed by atoms with Crippen LogP contribution in [0.2, 0.25) is 0 Å². The first-order chi connectivity index (χ1) is 11.4. The van der Waals surface area contributed by atoms with E-state index in [1.54, 1.807) is 38.3 Å². The fourth-order valence-electron chi connectivity index (χ4n) is 2.54. The second kappa shape index (κ2) is 7.49. The first-order valence-corrected chi connectivity index (χ1v) is 8.50. The molecule has 0 saturated carbocycles. The van der Waals surface area contributed by atoms with Gasteiger partial charge in [-0.3, -0.25) is 9.59 Å². The van der Waals surface area contributed by atoms with Gasteiger partial charge in [-0.15, -0.1) is 0 Å². The molecule has 2 N–H and O–H groups in total. The zero-order chi connectivity index (χ0) is 17.7. The summed E-state index contributed by atoms with van der Waals surface area (Å²) in [4.78, 5) is 24.0. The molecule has 2 aromatic rings. The van der Waals surface area contributed by atoms with Crippen LogP contribution >= 0.6 is 11.3 Å². The van der Waals surface area contributed by atoms with Crippen molar-refractivity contribution in [2.45, 2.75) is 31.7 Å². The van der Waals surface area contributed by atoms with Crippen LogP contribution in [0.5, 0.6) is 5.75 Å². The van der Waals surface area contributed by atoms with Crippen molar-refractivity contribution in [1.82, 2.24) is 5.32 Å². The molecule has 0 fully saturated rings. The first-order valence-electron chi connectivity index (χ1n) is 7.56. The van der Waals surface area contributed by atoms with Gasteiger partial charge in [0.1, 0.15) is 5.75 Å². The monoisotopic (exact) mass is 347 g/mol. The van der Waals surface area contributed by atoms with E-state index < -0.39 is 11.5 Å². The van der Waals surface area contributed by atoms with Crippen molar-refractivity contribution in [3.8, 4) is 5.75 Å². The molecule has 24 heavy (non-hydrogen) atoms. The molecule has 1 amide bonds. The Hall–Kier alpha value is -2.34. The van der Waals surface area contributed by atoms with E-state index in [4.69, 9.17) is 4.74 Å². The van der Waals surface area contributed by atoms with Gasteiger partial charge in [0.15, 0.2) is 0 Å². The van der Waals surface area contributed by atoms with Gasteiger partial charge in [0.25, 0.3) is 0 Å². The Balaban J connectivity index is 2.29. The Morgan fingerprint density at radius 3 is 2.71 bits per heavy atom. The lowest BCUT2D eigenvalue weighted by molar-refractivity contribution is -0.139. The SMILES string of the molecule is COc1cccc(C(C)(CC(=O)O)NC(=O)C(C)c2ccsc2)c1. The average Bonchev–Trinajstić information content (AvgIpc) is 3.07. The molecule has 2 unspecified atom stereocenters. The molecule has 0 aliphatic heterocycles. The summed E-state index contributed by atoms with van der Waals surface area (Å²) in [5.41, 5.74) is 0.581. The summed E-state index contributed by atoms with van der Waals surface area (Å²) in [7, 11) is 1.55. The number of rotatable bonds is 7. The molecule has 6 heteroatoms. The highest BCUT2D eigenvalue weighted by atomic mass is 32.1. The van der Waals surface area contributed by atoms with E-state index in [1.165, 1.54) is 11.3 Å². The smallest absolute Gasteiger partial charge is 0.306 e. The number of methoxy groups -OCH3 is 1. The third-order valence-electron chi connectivity index (χ3n) is 4.05. The highest BCUT2D eigenvalue weighted by molar-refractivity contribution is 7.08. The minimum absolute atomic E-state index is 0.208. The number of carbonyl (C=O) groups excluding carboxylic acids is 1. The van der Waals surface area contributed by atoms with Gasteiger partial charge in [0.05, 0.1) is 25.0 Å². The van der Waals surface area contributed by atoms with Crippen molar-refractivity contribution >= 4 is 23.2 Å². The Kier molecular flexibility index (Phi) is 5.62. The van der Waals surface area contributed by atoms with E-state index in [2.05, 4.69) is 5.32 Å². The molecule has 0 aliphatic rings. The second-order valence-corrected chi connectivity index (χ2v) is 6.68. The summed E-state index contributed by atoms with van der Waals surface area (Å²) in [6, 6.07) is 9.00. The number of carboxylic acid groups (broad SMARTS) is 1. The summed E-state index contributed by atoms with van der Waals surface area (Å²) >= 11 is 1.52. The van der Waals surface area contributed by atoms with Crippen molar-refractivity contribution in [3.63, 3.8) is 0 Å². The number of aliphatic carboxylic acids is 1. The van der Waals surface area contributed by atoms with E-state index in [0.29, 0.717) is 11.3 Å². The molecule has 1 aromatic carbocycles. The standard InChI is InChI=1S/C18H21NO4S/c1-12(13-7-8-24-11-13)17(22)19-18(2,10-16(20)21)14-5-4-6-15(9-14)23-3/h4-9,11-12H,10H2,1-3H3,(H,19,22)(H,20,21). The number of hydrogen-bond acceptors (Lipinski definition) is 4. The Labute approximate surface area is 145 Å². The predicted molar refractivity (Wildman–Crippen MR) is 93.5 cm³/mol. The third-order valence-corrected chi connectivity index (χ3v) is 4.75. The molecule has 2 rings (SSSR count). The first kappa shape index (κ1) is 18.0. The van der Waals surface area contributed by atoms with Crippen LogP contribution in [0.3, 0.4) is 0 Å². The average molecular weight is 347 g/mol. The maximum absolute atomic E-state index is 12.6. The highest BCUT2D eigenvalue weighted by Gasteiger charge is 2.33. The van der Waals surface area contributed by atoms with Gasteiger partial charge in [-0.25, -0.2) is 0 Å². The fraction of sp³-hybridized carbons (Fsp3) is 0.333. The van der Waals surface area contributed by atoms with Gasteiger partial charge in [-0.05, 0) is 53.9 Å². The summed E-state index contributed by atoms with van der Waals surface area (Å²) < 4.78 is 5.21. The van der Waals surface area contributed by atoms with Crippen molar-refractivity contribution in [1.29, 1.82) is 0 Å². The molecule has 1 heterocycles. The van der Waals surface area contributed by atoms with Crippen LogP contribution in [0.4, 0.5) is 0 Å². The molecule has 1 aromatic heterocycles. The minimum atomic E-state index is -1.03. The molecular formula is C18H21NO4S. The van der Waals surface area contributed by atoms with Crippen molar-refractivity contribution < 1.29 is 19.4 Å². The van der Waals surface area contributed by atoms with Crippen molar-refractivity contribution in [2.24, 2.45) is 0 Å².